The first-order valence-corrected chi connectivity index (χ1v) is 16.1. The first kappa shape index (κ1) is 28.4. The van der Waals surface area contributed by atoms with Crippen LogP contribution in [0.1, 0.15) is 64.9 Å². The molecule has 1 saturated heterocycles. The lowest BCUT2D eigenvalue weighted by atomic mass is 10.2. The third kappa shape index (κ3) is 6.98. The van der Waals surface area contributed by atoms with Gasteiger partial charge in [0.25, 0.3) is 5.91 Å². The molecule has 3 rings (SSSR count). The second-order valence-corrected chi connectivity index (χ2v) is 17.2. The van der Waals surface area contributed by atoms with Crippen LogP contribution in [-0.4, -0.2) is 79.6 Å². The number of rotatable bonds is 7. The number of benzene rings is 1. The summed E-state index contributed by atoms with van der Waals surface area (Å²) in [6, 6.07) is 9.35. The molecular weight excluding hydrogens is 470 g/mol. The van der Waals surface area contributed by atoms with Gasteiger partial charge in [0.15, 0.2) is 8.32 Å². The van der Waals surface area contributed by atoms with Crippen LogP contribution >= 0.6 is 0 Å². The number of nitrogens with zero attached hydrogens (tertiary/aromatic N) is 3. The van der Waals surface area contributed by atoms with E-state index >= 15 is 0 Å². The maximum Gasteiger partial charge on any atom is 0.419 e. The van der Waals surface area contributed by atoms with Crippen LogP contribution in [0.3, 0.4) is 0 Å². The number of ether oxygens (including phenoxy) is 1. The van der Waals surface area contributed by atoms with Gasteiger partial charge >= 0.3 is 6.09 Å². The minimum absolute atomic E-state index is 0.125. The van der Waals surface area contributed by atoms with Gasteiger partial charge in [0, 0.05) is 38.2 Å². The van der Waals surface area contributed by atoms with Crippen molar-refractivity contribution in [1.82, 2.24) is 14.4 Å². The van der Waals surface area contributed by atoms with Crippen molar-refractivity contribution in [3.63, 3.8) is 0 Å². The largest absolute Gasteiger partial charge is 0.443 e. The Kier molecular flexibility index (Phi) is 8.73. The molecule has 1 aliphatic rings. The molecule has 0 spiro atoms. The maximum atomic E-state index is 13.5. The van der Waals surface area contributed by atoms with E-state index in [0.717, 1.165) is 44.5 Å². The summed E-state index contributed by atoms with van der Waals surface area (Å²) < 4.78 is 13.3. The number of piperazine rings is 1. The van der Waals surface area contributed by atoms with Gasteiger partial charge in [0.1, 0.15) is 11.3 Å². The van der Waals surface area contributed by atoms with Crippen molar-refractivity contribution in [3.8, 4) is 0 Å². The van der Waals surface area contributed by atoms with Crippen LogP contribution in [0, 0.1) is 0 Å². The standard InChI is InChI=1S/C28H45N3O4Si/c1-27(2,3)35-26(33)31-23-14-10-9-13-22(23)21-24(31)25(32)30-18-16-29(17-19-30)15-11-12-20-34-36(7,8)28(4,5)6/h9-10,13-14,21H,11-12,15-20H2,1-8H3. The zero-order valence-electron chi connectivity index (χ0n) is 23.5. The number of hydrogen-bond donors (Lipinski definition) is 0. The Balaban J connectivity index is 1.56. The van der Waals surface area contributed by atoms with E-state index in [-0.39, 0.29) is 10.9 Å². The molecule has 0 N–H and O–H groups in total. The molecule has 36 heavy (non-hydrogen) atoms. The molecule has 8 heteroatoms. The SMILES string of the molecule is CC(C)(C)OC(=O)n1c(C(=O)N2CCN(CCCCO[Si](C)(C)C(C)(C)C)CC2)cc2ccccc21. The van der Waals surface area contributed by atoms with E-state index in [9.17, 15) is 9.59 Å². The summed E-state index contributed by atoms with van der Waals surface area (Å²) >= 11 is 0. The van der Waals surface area contributed by atoms with E-state index in [2.05, 4.69) is 38.8 Å². The predicted octanol–water partition coefficient (Wildman–Crippen LogP) is 5.98. The van der Waals surface area contributed by atoms with Crippen LogP contribution in [0.15, 0.2) is 30.3 Å². The summed E-state index contributed by atoms with van der Waals surface area (Å²) in [5.41, 5.74) is 0.403. The van der Waals surface area contributed by atoms with Crippen molar-refractivity contribution in [2.45, 2.75) is 78.1 Å². The average molecular weight is 516 g/mol. The number of amides is 1. The lowest BCUT2D eigenvalue weighted by molar-refractivity contribution is 0.0505. The fourth-order valence-corrected chi connectivity index (χ4v) is 5.22. The van der Waals surface area contributed by atoms with E-state index in [1.54, 1.807) is 6.07 Å². The predicted molar refractivity (Wildman–Crippen MR) is 148 cm³/mol. The maximum absolute atomic E-state index is 13.5. The zero-order chi connectivity index (χ0) is 26.7. The van der Waals surface area contributed by atoms with Gasteiger partial charge in [-0.25, -0.2) is 9.36 Å². The Morgan fingerprint density at radius 2 is 1.58 bits per heavy atom. The minimum Gasteiger partial charge on any atom is -0.443 e. The highest BCUT2D eigenvalue weighted by Crippen LogP contribution is 2.36. The van der Waals surface area contributed by atoms with E-state index in [0.29, 0.717) is 24.3 Å². The molecule has 200 valence electrons. The highest BCUT2D eigenvalue weighted by atomic mass is 28.4. The number of fused-ring (bicyclic) bond motifs is 1. The zero-order valence-corrected chi connectivity index (χ0v) is 24.5. The molecule has 1 amide bonds. The van der Waals surface area contributed by atoms with Crippen molar-refractivity contribution in [3.05, 3.63) is 36.0 Å². The Bertz CT molecular complexity index is 1060. The van der Waals surface area contributed by atoms with Gasteiger partial charge in [0.2, 0.25) is 0 Å². The third-order valence-electron chi connectivity index (χ3n) is 7.30. The summed E-state index contributed by atoms with van der Waals surface area (Å²) in [5.74, 6) is -0.125. The van der Waals surface area contributed by atoms with Gasteiger partial charge in [-0.2, -0.15) is 0 Å². The second-order valence-electron chi connectivity index (χ2n) is 12.4. The van der Waals surface area contributed by atoms with Gasteiger partial charge in [-0.1, -0.05) is 39.0 Å². The lowest BCUT2D eigenvalue weighted by Gasteiger charge is -2.36. The summed E-state index contributed by atoms with van der Waals surface area (Å²) in [4.78, 5) is 30.8. The first-order valence-electron chi connectivity index (χ1n) is 13.2. The number of unbranched alkanes of at least 4 members (excludes halogenated alkanes) is 1. The molecule has 0 radical (unpaired) electrons. The van der Waals surface area contributed by atoms with Crippen molar-refractivity contribution in [2.24, 2.45) is 0 Å². The van der Waals surface area contributed by atoms with Gasteiger partial charge in [-0.05, 0) is 70.4 Å². The molecule has 2 aromatic rings. The summed E-state index contributed by atoms with van der Waals surface area (Å²) in [6.07, 6.45) is 1.63. The normalized spacial score (nSPS) is 15.9. The number of carbonyl (C=O) groups is 2. The van der Waals surface area contributed by atoms with Crippen molar-refractivity contribution >= 4 is 31.2 Å². The van der Waals surface area contributed by atoms with Crippen LogP contribution in [0.25, 0.3) is 10.9 Å². The molecule has 0 saturated carbocycles. The van der Waals surface area contributed by atoms with Crippen molar-refractivity contribution < 1.29 is 18.8 Å². The van der Waals surface area contributed by atoms with Crippen molar-refractivity contribution in [2.75, 3.05) is 39.3 Å². The van der Waals surface area contributed by atoms with Crippen LogP contribution in [0.2, 0.25) is 18.1 Å². The molecule has 1 fully saturated rings. The smallest absolute Gasteiger partial charge is 0.419 e. The number of aromatic nitrogens is 1. The molecule has 1 aliphatic heterocycles. The van der Waals surface area contributed by atoms with Crippen LogP contribution < -0.4 is 0 Å². The van der Waals surface area contributed by atoms with Gasteiger partial charge in [-0.15, -0.1) is 0 Å². The molecule has 0 unspecified atom stereocenters. The quantitative estimate of drug-likeness (QED) is 0.335. The first-order chi connectivity index (χ1) is 16.7. The lowest BCUT2D eigenvalue weighted by Crippen LogP contribution is -2.49. The van der Waals surface area contributed by atoms with Gasteiger partial charge in [0.05, 0.1) is 5.52 Å². The molecule has 7 nitrogen and oxygen atoms in total. The van der Waals surface area contributed by atoms with Gasteiger partial charge < -0.3 is 14.1 Å². The molecule has 0 aliphatic carbocycles. The fraction of sp³-hybridized carbons (Fsp3) is 0.643. The minimum atomic E-state index is -1.68. The van der Waals surface area contributed by atoms with Crippen LogP contribution in [0.5, 0.6) is 0 Å². The summed E-state index contributed by atoms with van der Waals surface area (Å²) in [6.45, 7) is 21.7. The second kappa shape index (κ2) is 11.1. The Hall–Kier alpha value is -2.16. The number of carbonyl (C=O) groups excluding carboxylic acids is 2. The molecule has 0 bridgehead atoms. The van der Waals surface area contributed by atoms with E-state index < -0.39 is 20.0 Å². The number of para-hydroxylation sites is 1. The Labute approximate surface area is 217 Å². The topological polar surface area (TPSA) is 64.0 Å². The average Bonchev–Trinajstić information content (AvgIpc) is 3.16. The van der Waals surface area contributed by atoms with Gasteiger partial charge in [-0.3, -0.25) is 9.69 Å². The molecular formula is C28H45N3O4Si. The Morgan fingerprint density at radius 1 is 0.944 bits per heavy atom. The van der Waals surface area contributed by atoms with Crippen LogP contribution in [-0.2, 0) is 9.16 Å². The summed E-state index contributed by atoms with van der Waals surface area (Å²) in [7, 11) is -1.68. The third-order valence-corrected chi connectivity index (χ3v) is 11.8. The van der Waals surface area contributed by atoms with E-state index in [1.807, 2.05) is 49.9 Å². The Morgan fingerprint density at radius 3 is 2.19 bits per heavy atom. The number of hydrogen-bond acceptors (Lipinski definition) is 5. The van der Waals surface area contributed by atoms with E-state index in [1.165, 1.54) is 4.57 Å². The monoisotopic (exact) mass is 515 g/mol. The molecule has 2 heterocycles. The molecule has 1 aromatic carbocycles. The fourth-order valence-electron chi connectivity index (χ4n) is 4.13. The van der Waals surface area contributed by atoms with E-state index in [4.69, 9.17) is 9.16 Å². The summed E-state index contributed by atoms with van der Waals surface area (Å²) in [5, 5.41) is 1.09. The molecule has 0 atom stereocenters. The highest BCUT2D eigenvalue weighted by Gasteiger charge is 2.36. The van der Waals surface area contributed by atoms with Crippen LogP contribution in [0.4, 0.5) is 4.79 Å². The van der Waals surface area contributed by atoms with Crippen molar-refractivity contribution in [1.29, 1.82) is 0 Å². The molecule has 1 aromatic heterocycles. The highest BCUT2D eigenvalue weighted by molar-refractivity contribution is 6.74.